The van der Waals surface area contributed by atoms with Gasteiger partial charge in [0, 0.05) is 41.1 Å². The van der Waals surface area contributed by atoms with Crippen molar-refractivity contribution in [3.05, 3.63) is 112 Å². The number of aromatic nitrogens is 6. The molecular formula is C34H30ClF3N6O3. The first-order chi connectivity index (χ1) is 22.6. The lowest BCUT2D eigenvalue weighted by atomic mass is 9.97. The van der Waals surface area contributed by atoms with E-state index < -0.39 is 11.9 Å². The van der Waals surface area contributed by atoms with E-state index in [4.69, 9.17) is 21.1 Å². The lowest BCUT2D eigenvalue weighted by Crippen LogP contribution is -2.25. The molecule has 242 valence electrons. The fourth-order valence-electron chi connectivity index (χ4n) is 5.74. The monoisotopic (exact) mass is 662 g/mol. The van der Waals surface area contributed by atoms with Gasteiger partial charge in [0.05, 0.1) is 50.1 Å². The largest absolute Gasteiger partial charge is 0.495 e. The van der Waals surface area contributed by atoms with Crippen molar-refractivity contribution < 1.29 is 22.6 Å². The molecule has 1 atom stereocenters. The number of methoxy groups -OCH3 is 2. The summed E-state index contributed by atoms with van der Waals surface area (Å²) in [6.07, 6.45) is 0.0917. The van der Waals surface area contributed by atoms with Crippen molar-refractivity contribution in [3.63, 3.8) is 0 Å². The van der Waals surface area contributed by atoms with Crippen molar-refractivity contribution >= 4 is 22.4 Å². The van der Waals surface area contributed by atoms with E-state index in [1.807, 2.05) is 29.8 Å². The van der Waals surface area contributed by atoms with Crippen LogP contribution in [-0.2, 0) is 17.5 Å². The van der Waals surface area contributed by atoms with Gasteiger partial charge in [-0.15, -0.1) is 5.10 Å². The maximum atomic E-state index is 13.8. The molecule has 13 heteroatoms. The Morgan fingerprint density at radius 3 is 2.47 bits per heavy atom. The average molecular weight is 663 g/mol. The molecule has 3 aromatic heterocycles. The zero-order chi connectivity index (χ0) is 33.3. The molecule has 0 saturated heterocycles. The highest BCUT2D eigenvalue weighted by Gasteiger charge is 2.35. The van der Waals surface area contributed by atoms with Gasteiger partial charge in [-0.05, 0) is 59.2 Å². The summed E-state index contributed by atoms with van der Waals surface area (Å²) in [5.41, 5.74) is 2.37. The maximum Gasteiger partial charge on any atom is 0.436 e. The lowest BCUT2D eigenvalue weighted by molar-refractivity contribution is -0.141. The number of benzene rings is 3. The highest BCUT2D eigenvalue weighted by atomic mass is 35.5. The Morgan fingerprint density at radius 2 is 1.74 bits per heavy atom. The summed E-state index contributed by atoms with van der Waals surface area (Å²) >= 11 is 6.31. The summed E-state index contributed by atoms with van der Waals surface area (Å²) in [5.74, 6) is 0.329. The molecule has 0 aliphatic carbocycles. The second kappa shape index (κ2) is 13.0. The van der Waals surface area contributed by atoms with Gasteiger partial charge in [0.1, 0.15) is 5.75 Å². The summed E-state index contributed by atoms with van der Waals surface area (Å²) in [4.78, 5) is 13.8. The standard InChI is InChI=1S/C34H30ClF3N6O3/c1-4-28(22-7-5-21-6-8-23(16-24(21)15-22)29-11-12-39-43(29)13-14-46-2)42-19-31(47-3)27(18-33(42)45)26-17-25(35)9-10-30(26)44-20-32(40-41-44)34(36,37)38/h5-12,15-20,28H,4,13-14H2,1-3H3. The average Bonchev–Trinajstić information content (AvgIpc) is 3.75. The van der Waals surface area contributed by atoms with E-state index in [1.54, 1.807) is 30.1 Å². The van der Waals surface area contributed by atoms with Crippen molar-refractivity contribution in [3.8, 4) is 33.8 Å². The van der Waals surface area contributed by atoms with E-state index in [1.165, 1.54) is 25.3 Å². The van der Waals surface area contributed by atoms with Gasteiger partial charge >= 0.3 is 6.18 Å². The third-order valence-corrected chi connectivity index (χ3v) is 8.27. The second-order valence-electron chi connectivity index (χ2n) is 10.9. The first kappa shape index (κ1) is 32.0. The van der Waals surface area contributed by atoms with Crippen LogP contribution >= 0.6 is 11.6 Å². The molecule has 0 bridgehead atoms. The highest BCUT2D eigenvalue weighted by molar-refractivity contribution is 6.31. The molecule has 0 spiro atoms. The SMILES string of the molecule is CCC(c1ccc2ccc(-c3ccnn3CCOC)cc2c1)n1cc(OC)c(-c2cc(Cl)ccc2-n2cc(C(F)(F)F)nn2)cc1=O. The second-order valence-corrected chi connectivity index (χ2v) is 11.3. The number of halogens is 4. The van der Waals surface area contributed by atoms with Gasteiger partial charge in [0.2, 0.25) is 0 Å². The fraction of sp³-hybridized carbons (Fsp3) is 0.235. The number of pyridine rings is 1. The van der Waals surface area contributed by atoms with Crippen molar-refractivity contribution in [2.24, 2.45) is 0 Å². The van der Waals surface area contributed by atoms with Gasteiger partial charge in [0.15, 0.2) is 5.69 Å². The number of hydrogen-bond acceptors (Lipinski definition) is 6. The van der Waals surface area contributed by atoms with Crippen molar-refractivity contribution in [2.45, 2.75) is 32.1 Å². The summed E-state index contributed by atoms with van der Waals surface area (Å²) in [5, 5.41) is 13.7. The zero-order valence-electron chi connectivity index (χ0n) is 25.7. The lowest BCUT2D eigenvalue weighted by Gasteiger charge is -2.22. The molecule has 0 aliphatic rings. The summed E-state index contributed by atoms with van der Waals surface area (Å²) in [7, 11) is 3.12. The Labute approximate surface area is 272 Å². The van der Waals surface area contributed by atoms with Crippen LogP contribution in [0, 0.1) is 0 Å². The normalized spacial score (nSPS) is 12.5. The van der Waals surface area contributed by atoms with E-state index in [9.17, 15) is 18.0 Å². The smallest absolute Gasteiger partial charge is 0.436 e. The Bertz CT molecular complexity index is 2120. The van der Waals surface area contributed by atoms with Crippen molar-refractivity contribution in [2.75, 3.05) is 20.8 Å². The highest BCUT2D eigenvalue weighted by Crippen LogP contribution is 2.37. The zero-order valence-corrected chi connectivity index (χ0v) is 26.5. The molecule has 47 heavy (non-hydrogen) atoms. The molecule has 9 nitrogen and oxygen atoms in total. The molecule has 0 fully saturated rings. The fourth-order valence-corrected chi connectivity index (χ4v) is 5.91. The molecule has 6 rings (SSSR count). The molecule has 0 radical (unpaired) electrons. The van der Waals surface area contributed by atoms with Gasteiger partial charge in [-0.3, -0.25) is 9.48 Å². The first-order valence-corrected chi connectivity index (χ1v) is 15.1. The minimum Gasteiger partial charge on any atom is -0.495 e. The van der Waals surface area contributed by atoms with Crippen LogP contribution in [0.3, 0.4) is 0 Å². The van der Waals surface area contributed by atoms with Crippen molar-refractivity contribution in [1.29, 1.82) is 0 Å². The van der Waals surface area contributed by atoms with Gasteiger partial charge in [-0.2, -0.15) is 18.3 Å². The number of fused-ring (bicyclic) bond motifs is 1. The molecular weight excluding hydrogens is 633 g/mol. The van der Waals surface area contributed by atoms with Crippen LogP contribution in [0.25, 0.3) is 38.8 Å². The predicted octanol–water partition coefficient (Wildman–Crippen LogP) is 7.44. The van der Waals surface area contributed by atoms with Crippen LogP contribution in [0.5, 0.6) is 5.75 Å². The van der Waals surface area contributed by atoms with Crippen molar-refractivity contribution in [1.82, 2.24) is 29.3 Å². The van der Waals surface area contributed by atoms with Crippen LogP contribution < -0.4 is 10.3 Å². The van der Waals surface area contributed by atoms with E-state index in [-0.39, 0.29) is 17.3 Å². The van der Waals surface area contributed by atoms with E-state index >= 15 is 0 Å². The van der Waals surface area contributed by atoms with Gasteiger partial charge < -0.3 is 14.0 Å². The topological polar surface area (TPSA) is 89.0 Å². The van der Waals surface area contributed by atoms with Gasteiger partial charge in [0.25, 0.3) is 5.56 Å². The van der Waals surface area contributed by atoms with Crippen LogP contribution in [-0.4, -0.2) is 50.2 Å². The first-order valence-electron chi connectivity index (χ1n) is 14.8. The third-order valence-electron chi connectivity index (χ3n) is 8.03. The Hall–Kier alpha value is -4.94. The minimum absolute atomic E-state index is 0.244. The minimum atomic E-state index is -4.67. The van der Waals surface area contributed by atoms with Gasteiger partial charge in [-0.1, -0.05) is 48.0 Å². The van der Waals surface area contributed by atoms with Crippen LogP contribution in [0.1, 0.15) is 30.6 Å². The molecule has 3 aromatic carbocycles. The quantitative estimate of drug-likeness (QED) is 0.152. The number of alkyl halides is 3. The summed E-state index contributed by atoms with van der Waals surface area (Å²) in [6.45, 7) is 3.16. The number of rotatable bonds is 10. The summed E-state index contributed by atoms with van der Waals surface area (Å²) in [6, 6.07) is 19.9. The molecule has 0 amide bonds. The van der Waals surface area contributed by atoms with Gasteiger partial charge in [-0.25, -0.2) is 4.68 Å². The van der Waals surface area contributed by atoms with Crippen LogP contribution in [0.2, 0.25) is 5.02 Å². The Kier molecular flexibility index (Phi) is 8.89. The third kappa shape index (κ3) is 6.38. The molecule has 0 aliphatic heterocycles. The number of hydrogen-bond donors (Lipinski definition) is 0. The Balaban J connectivity index is 1.40. The molecule has 0 N–H and O–H groups in total. The summed E-state index contributed by atoms with van der Waals surface area (Å²) < 4.78 is 55.3. The predicted molar refractivity (Wildman–Crippen MR) is 173 cm³/mol. The van der Waals surface area contributed by atoms with E-state index in [0.717, 1.165) is 38.5 Å². The Morgan fingerprint density at radius 1 is 0.936 bits per heavy atom. The molecule has 0 saturated carbocycles. The number of nitrogens with zero attached hydrogens (tertiary/aromatic N) is 6. The van der Waals surface area contributed by atoms with Crippen LogP contribution in [0.4, 0.5) is 13.2 Å². The number of ether oxygens (including phenoxy) is 2. The van der Waals surface area contributed by atoms with E-state index in [2.05, 4.69) is 39.7 Å². The molecule has 3 heterocycles. The molecule has 1 unspecified atom stereocenters. The maximum absolute atomic E-state index is 13.8. The van der Waals surface area contributed by atoms with Crippen LogP contribution in [0.15, 0.2) is 90.1 Å². The molecule has 6 aromatic rings. The van der Waals surface area contributed by atoms with E-state index in [0.29, 0.717) is 41.5 Å².